The van der Waals surface area contributed by atoms with Gasteiger partial charge in [-0.2, -0.15) is 0 Å². The number of methoxy groups -OCH3 is 1. The van der Waals surface area contributed by atoms with Crippen LogP contribution in [-0.4, -0.2) is 18.9 Å². The number of aryl methyl sites for hydroxylation is 1. The second kappa shape index (κ2) is 7.64. The highest BCUT2D eigenvalue weighted by Gasteiger charge is 2.41. The van der Waals surface area contributed by atoms with E-state index < -0.39 is 5.91 Å². The van der Waals surface area contributed by atoms with E-state index in [0.717, 1.165) is 11.3 Å². The Bertz CT molecular complexity index is 1120. The molecule has 2 amide bonds. The van der Waals surface area contributed by atoms with Gasteiger partial charge >= 0.3 is 0 Å². The lowest BCUT2D eigenvalue weighted by molar-refractivity contribution is -0.120. The highest BCUT2D eigenvalue weighted by atomic mass is 16.5. The number of hydrogen-bond donors (Lipinski definition) is 1. The summed E-state index contributed by atoms with van der Waals surface area (Å²) < 4.78 is 5.46. The van der Waals surface area contributed by atoms with Gasteiger partial charge in [-0.1, -0.05) is 48.5 Å². The molecule has 5 nitrogen and oxygen atoms in total. The van der Waals surface area contributed by atoms with Gasteiger partial charge in [-0.25, -0.2) is 4.90 Å². The van der Waals surface area contributed by atoms with Crippen LogP contribution in [0.3, 0.4) is 0 Å². The van der Waals surface area contributed by atoms with Crippen molar-refractivity contribution in [2.45, 2.75) is 6.92 Å². The molecule has 0 saturated heterocycles. The zero-order chi connectivity index (χ0) is 20.4. The molecule has 0 saturated carbocycles. The van der Waals surface area contributed by atoms with Crippen LogP contribution in [0.5, 0.6) is 5.75 Å². The smallest absolute Gasteiger partial charge is 0.282 e. The normalized spacial score (nSPS) is 13.8. The number of carbonyl (C=O) groups excluding carboxylic acids is 2. The molecule has 0 aromatic heterocycles. The van der Waals surface area contributed by atoms with Crippen molar-refractivity contribution in [3.63, 3.8) is 0 Å². The molecule has 4 rings (SSSR count). The lowest BCUT2D eigenvalue weighted by atomic mass is 10.0. The first-order valence-electron chi connectivity index (χ1n) is 9.25. The fourth-order valence-electron chi connectivity index (χ4n) is 3.43. The Morgan fingerprint density at radius 1 is 0.828 bits per heavy atom. The monoisotopic (exact) mass is 384 g/mol. The molecule has 0 atom stereocenters. The first kappa shape index (κ1) is 18.5. The minimum absolute atomic E-state index is 0.231. The highest BCUT2D eigenvalue weighted by Crippen LogP contribution is 2.37. The Labute approximate surface area is 169 Å². The van der Waals surface area contributed by atoms with Gasteiger partial charge < -0.3 is 10.1 Å². The molecule has 3 aromatic rings. The van der Waals surface area contributed by atoms with Crippen LogP contribution in [0.2, 0.25) is 0 Å². The van der Waals surface area contributed by atoms with E-state index in [1.807, 2.05) is 49.4 Å². The fraction of sp³-hybridized carbons (Fsp3) is 0.0833. The topological polar surface area (TPSA) is 58.6 Å². The van der Waals surface area contributed by atoms with Gasteiger partial charge in [0.2, 0.25) is 0 Å². The molecule has 0 unspecified atom stereocenters. The molecule has 0 spiro atoms. The van der Waals surface area contributed by atoms with E-state index in [4.69, 9.17) is 4.74 Å². The second-order valence-electron chi connectivity index (χ2n) is 6.73. The standard InChI is InChI=1S/C24H20N2O3/c1-16-9-8-10-17(15-16)25-22-21(19-13-6-7-14-20(19)29-2)23(27)26(24(22)28)18-11-4-3-5-12-18/h3-15,25H,1-2H3. The van der Waals surface area contributed by atoms with E-state index in [9.17, 15) is 9.59 Å². The third kappa shape index (κ3) is 3.38. The van der Waals surface area contributed by atoms with E-state index in [-0.39, 0.29) is 17.2 Å². The summed E-state index contributed by atoms with van der Waals surface area (Å²) in [6, 6.07) is 23.8. The number of hydrogen-bond acceptors (Lipinski definition) is 4. The number of carbonyl (C=O) groups is 2. The first-order chi connectivity index (χ1) is 14.1. The molecule has 29 heavy (non-hydrogen) atoms. The van der Waals surface area contributed by atoms with Gasteiger partial charge in [-0.15, -0.1) is 0 Å². The number of ether oxygens (including phenoxy) is 1. The summed E-state index contributed by atoms with van der Waals surface area (Å²) in [5, 5.41) is 3.17. The average molecular weight is 384 g/mol. The number of benzene rings is 3. The van der Waals surface area contributed by atoms with Crippen molar-refractivity contribution in [3.05, 3.63) is 95.7 Å². The van der Waals surface area contributed by atoms with E-state index in [1.165, 1.54) is 4.90 Å². The van der Waals surface area contributed by atoms with E-state index in [0.29, 0.717) is 17.0 Å². The maximum atomic E-state index is 13.4. The molecule has 0 aliphatic carbocycles. The molecule has 1 aliphatic rings. The molecular weight excluding hydrogens is 364 g/mol. The largest absolute Gasteiger partial charge is 0.496 e. The van der Waals surface area contributed by atoms with Crippen LogP contribution in [0.1, 0.15) is 11.1 Å². The maximum Gasteiger partial charge on any atom is 0.282 e. The van der Waals surface area contributed by atoms with Crippen LogP contribution in [0.25, 0.3) is 5.57 Å². The van der Waals surface area contributed by atoms with Gasteiger partial charge in [-0.3, -0.25) is 9.59 Å². The number of para-hydroxylation sites is 2. The van der Waals surface area contributed by atoms with Crippen molar-refractivity contribution < 1.29 is 14.3 Å². The number of imide groups is 1. The van der Waals surface area contributed by atoms with Gasteiger partial charge in [0.25, 0.3) is 11.8 Å². The van der Waals surface area contributed by atoms with Crippen molar-refractivity contribution >= 4 is 28.8 Å². The van der Waals surface area contributed by atoms with Crippen molar-refractivity contribution in [1.29, 1.82) is 0 Å². The molecule has 3 aromatic carbocycles. The number of nitrogens with zero attached hydrogens (tertiary/aromatic N) is 1. The van der Waals surface area contributed by atoms with Gasteiger partial charge in [-0.05, 0) is 42.8 Å². The minimum atomic E-state index is -0.399. The van der Waals surface area contributed by atoms with Crippen LogP contribution in [0.4, 0.5) is 11.4 Å². The second-order valence-corrected chi connectivity index (χ2v) is 6.73. The van der Waals surface area contributed by atoms with E-state index in [1.54, 1.807) is 43.5 Å². The number of anilines is 2. The Balaban J connectivity index is 1.87. The first-order valence-corrected chi connectivity index (χ1v) is 9.25. The predicted octanol–water partition coefficient (Wildman–Crippen LogP) is 4.40. The molecule has 0 fully saturated rings. The quantitative estimate of drug-likeness (QED) is 0.663. The van der Waals surface area contributed by atoms with Crippen molar-refractivity contribution in [1.82, 2.24) is 0 Å². The molecule has 144 valence electrons. The minimum Gasteiger partial charge on any atom is -0.496 e. The SMILES string of the molecule is COc1ccccc1C1=C(Nc2cccc(C)c2)C(=O)N(c2ccccc2)C1=O. The third-order valence-corrected chi connectivity index (χ3v) is 4.76. The molecule has 1 heterocycles. The number of amides is 2. The average Bonchev–Trinajstić information content (AvgIpc) is 2.98. The molecule has 0 bridgehead atoms. The summed E-state index contributed by atoms with van der Waals surface area (Å²) in [5.41, 5.74) is 3.40. The Hall–Kier alpha value is -3.86. The van der Waals surface area contributed by atoms with Crippen LogP contribution in [0, 0.1) is 6.92 Å². The summed E-state index contributed by atoms with van der Waals surface area (Å²) in [6.07, 6.45) is 0. The third-order valence-electron chi connectivity index (χ3n) is 4.76. The summed E-state index contributed by atoms with van der Waals surface area (Å²) in [7, 11) is 1.54. The zero-order valence-corrected chi connectivity index (χ0v) is 16.2. The summed E-state index contributed by atoms with van der Waals surface area (Å²) in [4.78, 5) is 27.9. The van der Waals surface area contributed by atoms with Gasteiger partial charge in [0.05, 0.1) is 18.4 Å². The fourth-order valence-corrected chi connectivity index (χ4v) is 3.43. The molecule has 1 N–H and O–H groups in total. The summed E-state index contributed by atoms with van der Waals surface area (Å²) >= 11 is 0. The zero-order valence-electron chi connectivity index (χ0n) is 16.2. The number of rotatable bonds is 5. The van der Waals surface area contributed by atoms with Crippen molar-refractivity contribution in [3.8, 4) is 5.75 Å². The molecule has 0 radical (unpaired) electrons. The maximum absolute atomic E-state index is 13.4. The highest BCUT2D eigenvalue weighted by molar-refractivity contribution is 6.46. The summed E-state index contributed by atoms with van der Waals surface area (Å²) in [5.74, 6) is -0.258. The van der Waals surface area contributed by atoms with Crippen molar-refractivity contribution in [2.24, 2.45) is 0 Å². The van der Waals surface area contributed by atoms with Crippen LogP contribution >= 0.6 is 0 Å². The van der Waals surface area contributed by atoms with Crippen LogP contribution in [0.15, 0.2) is 84.6 Å². The predicted molar refractivity (Wildman–Crippen MR) is 114 cm³/mol. The van der Waals surface area contributed by atoms with Gasteiger partial charge in [0.1, 0.15) is 11.4 Å². The summed E-state index contributed by atoms with van der Waals surface area (Å²) in [6.45, 7) is 1.97. The van der Waals surface area contributed by atoms with Crippen molar-refractivity contribution in [2.75, 3.05) is 17.3 Å². The van der Waals surface area contributed by atoms with E-state index in [2.05, 4.69) is 5.32 Å². The van der Waals surface area contributed by atoms with Gasteiger partial charge in [0, 0.05) is 11.3 Å². The lowest BCUT2D eigenvalue weighted by Gasteiger charge is -2.15. The lowest BCUT2D eigenvalue weighted by Crippen LogP contribution is -2.32. The Kier molecular flexibility index (Phi) is 4.87. The molecular formula is C24H20N2O3. The van der Waals surface area contributed by atoms with Crippen LogP contribution in [-0.2, 0) is 9.59 Å². The number of nitrogens with one attached hydrogen (secondary N) is 1. The Morgan fingerprint density at radius 3 is 2.28 bits per heavy atom. The van der Waals surface area contributed by atoms with Crippen LogP contribution < -0.4 is 15.0 Å². The van der Waals surface area contributed by atoms with Gasteiger partial charge in [0.15, 0.2) is 0 Å². The Morgan fingerprint density at radius 2 is 1.55 bits per heavy atom. The van der Waals surface area contributed by atoms with E-state index >= 15 is 0 Å². The molecule has 1 aliphatic heterocycles. The molecule has 5 heteroatoms.